The summed E-state index contributed by atoms with van der Waals surface area (Å²) in [6, 6.07) is 9.68. The maximum absolute atomic E-state index is 11.2. The Morgan fingerprint density at radius 3 is 2.42 bits per heavy atom. The number of aliphatic carboxylic acids is 1. The number of nitrogens with one attached hydrogen (secondary N) is 1. The van der Waals surface area contributed by atoms with Crippen LogP contribution in [0.1, 0.15) is 39.2 Å². The van der Waals surface area contributed by atoms with Gasteiger partial charge in [-0.1, -0.05) is 51.1 Å². The lowest BCUT2D eigenvalue weighted by atomic mass is 9.88. The number of benzene rings is 1. The first kappa shape index (κ1) is 15.7. The summed E-state index contributed by atoms with van der Waals surface area (Å²) >= 11 is 0. The minimum atomic E-state index is -0.752. The van der Waals surface area contributed by atoms with E-state index in [1.54, 1.807) is 0 Å². The minimum Gasteiger partial charge on any atom is -0.480 e. The topological polar surface area (TPSA) is 49.3 Å². The molecule has 1 rings (SSSR count). The average Bonchev–Trinajstić information content (AvgIpc) is 2.33. The van der Waals surface area contributed by atoms with Crippen molar-refractivity contribution in [2.75, 3.05) is 6.54 Å². The van der Waals surface area contributed by atoms with Crippen molar-refractivity contribution in [3.63, 3.8) is 0 Å². The fraction of sp³-hybridized carbons (Fsp3) is 0.562. The second-order valence-electron chi connectivity index (χ2n) is 6.18. The Morgan fingerprint density at radius 1 is 1.26 bits per heavy atom. The maximum atomic E-state index is 11.2. The third-order valence-corrected chi connectivity index (χ3v) is 3.13. The molecule has 0 amide bonds. The zero-order chi connectivity index (χ0) is 14.3. The summed E-state index contributed by atoms with van der Waals surface area (Å²) in [5, 5.41) is 12.3. The van der Waals surface area contributed by atoms with Crippen molar-refractivity contribution in [1.82, 2.24) is 5.32 Å². The van der Waals surface area contributed by atoms with E-state index in [-0.39, 0.29) is 5.41 Å². The molecule has 1 atom stereocenters. The summed E-state index contributed by atoms with van der Waals surface area (Å²) in [7, 11) is 0. The van der Waals surface area contributed by atoms with Gasteiger partial charge in [-0.3, -0.25) is 4.79 Å². The van der Waals surface area contributed by atoms with Crippen molar-refractivity contribution >= 4 is 5.97 Å². The van der Waals surface area contributed by atoms with E-state index >= 15 is 0 Å². The van der Waals surface area contributed by atoms with Crippen molar-refractivity contribution in [2.24, 2.45) is 5.41 Å². The van der Waals surface area contributed by atoms with Gasteiger partial charge in [0.25, 0.3) is 0 Å². The molecule has 19 heavy (non-hydrogen) atoms. The fourth-order valence-electron chi connectivity index (χ4n) is 1.93. The van der Waals surface area contributed by atoms with Gasteiger partial charge in [0.05, 0.1) is 0 Å². The zero-order valence-electron chi connectivity index (χ0n) is 12.1. The lowest BCUT2D eigenvalue weighted by Gasteiger charge is -2.21. The van der Waals surface area contributed by atoms with Crippen LogP contribution in [0.25, 0.3) is 0 Å². The van der Waals surface area contributed by atoms with E-state index in [2.05, 4.69) is 38.2 Å². The van der Waals surface area contributed by atoms with Crippen molar-refractivity contribution in [2.45, 2.75) is 46.1 Å². The summed E-state index contributed by atoms with van der Waals surface area (Å²) in [5.41, 5.74) is 1.41. The number of rotatable bonds is 7. The highest BCUT2D eigenvalue weighted by Crippen LogP contribution is 2.21. The van der Waals surface area contributed by atoms with E-state index in [0.29, 0.717) is 13.0 Å². The van der Waals surface area contributed by atoms with E-state index in [1.807, 2.05) is 18.2 Å². The van der Waals surface area contributed by atoms with E-state index in [1.165, 1.54) is 5.56 Å². The van der Waals surface area contributed by atoms with Crippen LogP contribution in [0.3, 0.4) is 0 Å². The quantitative estimate of drug-likeness (QED) is 0.794. The van der Waals surface area contributed by atoms with Gasteiger partial charge in [-0.05, 0) is 36.8 Å². The van der Waals surface area contributed by atoms with E-state index in [0.717, 1.165) is 12.8 Å². The second kappa shape index (κ2) is 7.29. The lowest BCUT2D eigenvalue weighted by Crippen LogP contribution is -2.38. The monoisotopic (exact) mass is 263 g/mol. The maximum Gasteiger partial charge on any atom is 0.320 e. The molecule has 0 fully saturated rings. The highest BCUT2D eigenvalue weighted by Gasteiger charge is 2.20. The van der Waals surface area contributed by atoms with Gasteiger partial charge in [0.1, 0.15) is 6.04 Å². The predicted molar refractivity (Wildman–Crippen MR) is 78.3 cm³/mol. The molecule has 0 saturated heterocycles. The lowest BCUT2D eigenvalue weighted by molar-refractivity contribution is -0.139. The summed E-state index contributed by atoms with van der Waals surface area (Å²) in [6.07, 6.45) is 2.44. The smallest absolute Gasteiger partial charge is 0.320 e. The molecule has 0 aliphatic heterocycles. The molecule has 0 spiro atoms. The van der Waals surface area contributed by atoms with Gasteiger partial charge < -0.3 is 10.4 Å². The molecule has 1 aromatic rings. The standard InChI is InChI=1S/C16H25NO2/c1-16(2,3)11-9-14(15(18)19)17-12-10-13-7-5-4-6-8-13/h4-8,14,17H,9-12H2,1-3H3,(H,18,19). The van der Waals surface area contributed by atoms with Crippen LogP contribution in [0.2, 0.25) is 0 Å². The number of carboxylic acids is 1. The molecule has 0 saturated carbocycles. The highest BCUT2D eigenvalue weighted by molar-refractivity contribution is 5.73. The molecule has 3 heteroatoms. The molecule has 0 aliphatic carbocycles. The molecule has 1 unspecified atom stereocenters. The molecular weight excluding hydrogens is 238 g/mol. The van der Waals surface area contributed by atoms with Gasteiger partial charge in [-0.25, -0.2) is 0 Å². The van der Waals surface area contributed by atoms with Crippen molar-refractivity contribution in [1.29, 1.82) is 0 Å². The zero-order valence-corrected chi connectivity index (χ0v) is 12.1. The van der Waals surface area contributed by atoms with Crippen LogP contribution in [0.5, 0.6) is 0 Å². The second-order valence-corrected chi connectivity index (χ2v) is 6.18. The van der Waals surface area contributed by atoms with Gasteiger partial charge in [-0.15, -0.1) is 0 Å². The molecule has 2 N–H and O–H groups in total. The Morgan fingerprint density at radius 2 is 1.89 bits per heavy atom. The Hall–Kier alpha value is -1.35. The van der Waals surface area contributed by atoms with Crippen LogP contribution in [0, 0.1) is 5.41 Å². The van der Waals surface area contributed by atoms with Crippen LogP contribution in [-0.4, -0.2) is 23.7 Å². The van der Waals surface area contributed by atoms with Crippen molar-refractivity contribution < 1.29 is 9.90 Å². The molecule has 0 aromatic heterocycles. The first-order valence-electron chi connectivity index (χ1n) is 6.88. The number of hydrogen-bond acceptors (Lipinski definition) is 2. The number of hydrogen-bond donors (Lipinski definition) is 2. The molecule has 0 heterocycles. The van der Waals surface area contributed by atoms with Gasteiger partial charge in [0.2, 0.25) is 0 Å². The van der Waals surface area contributed by atoms with Gasteiger partial charge in [0.15, 0.2) is 0 Å². The van der Waals surface area contributed by atoms with Crippen molar-refractivity contribution in [3.8, 4) is 0 Å². The molecule has 0 radical (unpaired) electrons. The first-order valence-corrected chi connectivity index (χ1v) is 6.88. The normalized spacial score (nSPS) is 13.2. The van der Waals surface area contributed by atoms with Crippen LogP contribution in [0.15, 0.2) is 30.3 Å². The third-order valence-electron chi connectivity index (χ3n) is 3.13. The largest absolute Gasteiger partial charge is 0.480 e. The highest BCUT2D eigenvalue weighted by atomic mass is 16.4. The van der Waals surface area contributed by atoms with Gasteiger partial charge in [-0.2, -0.15) is 0 Å². The van der Waals surface area contributed by atoms with Crippen LogP contribution >= 0.6 is 0 Å². The Kier molecular flexibility index (Phi) is 6.03. The van der Waals surface area contributed by atoms with E-state index < -0.39 is 12.0 Å². The van der Waals surface area contributed by atoms with E-state index in [9.17, 15) is 9.90 Å². The number of carbonyl (C=O) groups is 1. The van der Waals surface area contributed by atoms with Crippen molar-refractivity contribution in [3.05, 3.63) is 35.9 Å². The van der Waals surface area contributed by atoms with E-state index in [4.69, 9.17) is 0 Å². The molecule has 106 valence electrons. The number of carboxylic acid groups (broad SMARTS) is 1. The average molecular weight is 263 g/mol. The molecule has 0 aliphatic rings. The SMILES string of the molecule is CC(C)(C)CCC(NCCc1ccccc1)C(=O)O. The van der Waals surface area contributed by atoms with Gasteiger partial charge in [0, 0.05) is 0 Å². The van der Waals surface area contributed by atoms with Crippen LogP contribution in [-0.2, 0) is 11.2 Å². The first-order chi connectivity index (χ1) is 8.88. The Balaban J connectivity index is 2.36. The third kappa shape index (κ3) is 6.97. The minimum absolute atomic E-state index is 0.175. The Labute approximate surface area is 116 Å². The Bertz CT molecular complexity index is 381. The van der Waals surface area contributed by atoms with Crippen LogP contribution < -0.4 is 5.32 Å². The fourth-order valence-corrected chi connectivity index (χ4v) is 1.93. The molecular formula is C16H25NO2. The summed E-state index contributed by atoms with van der Waals surface area (Å²) < 4.78 is 0. The molecule has 1 aromatic carbocycles. The van der Waals surface area contributed by atoms with Crippen LogP contribution in [0.4, 0.5) is 0 Å². The summed E-state index contributed by atoms with van der Waals surface area (Å²) in [4.78, 5) is 11.2. The predicted octanol–water partition coefficient (Wildman–Crippen LogP) is 3.10. The molecule has 3 nitrogen and oxygen atoms in total. The summed E-state index contributed by atoms with van der Waals surface area (Å²) in [5.74, 6) is -0.752. The van der Waals surface area contributed by atoms with Gasteiger partial charge >= 0.3 is 5.97 Å². The molecule has 0 bridgehead atoms. The summed E-state index contributed by atoms with van der Waals surface area (Å²) in [6.45, 7) is 7.10.